The zero-order chi connectivity index (χ0) is 19.7. The summed E-state index contributed by atoms with van der Waals surface area (Å²) in [5.41, 5.74) is 2.72. The lowest BCUT2D eigenvalue weighted by atomic mass is 9.82. The SMILES string of the molecule is CCc1ccccc1CN1CC2CN(C(=O)c3ccc(=O)[nH]c3)CC2(CO)C1. The molecule has 6 nitrogen and oxygen atoms in total. The molecule has 2 aliphatic rings. The van der Waals surface area contributed by atoms with E-state index in [9.17, 15) is 14.7 Å². The molecule has 1 aromatic carbocycles. The molecule has 0 spiro atoms. The van der Waals surface area contributed by atoms with E-state index in [2.05, 4.69) is 41.1 Å². The van der Waals surface area contributed by atoms with Crippen LogP contribution in [0.5, 0.6) is 0 Å². The fraction of sp³-hybridized carbons (Fsp3) is 0.455. The van der Waals surface area contributed by atoms with Gasteiger partial charge in [-0.2, -0.15) is 0 Å². The Morgan fingerprint density at radius 2 is 1.96 bits per heavy atom. The average molecular weight is 381 g/mol. The highest BCUT2D eigenvalue weighted by molar-refractivity contribution is 5.94. The number of aromatic nitrogens is 1. The van der Waals surface area contributed by atoms with Gasteiger partial charge in [0.25, 0.3) is 5.91 Å². The average Bonchev–Trinajstić information content (AvgIpc) is 3.22. The molecule has 2 aliphatic heterocycles. The van der Waals surface area contributed by atoms with E-state index in [-0.39, 0.29) is 29.4 Å². The number of H-pyrrole nitrogens is 1. The third-order valence-electron chi connectivity index (χ3n) is 6.36. The van der Waals surface area contributed by atoms with Gasteiger partial charge in [-0.05, 0) is 29.5 Å². The fourth-order valence-electron chi connectivity index (χ4n) is 4.81. The number of hydrogen-bond donors (Lipinski definition) is 2. The molecular formula is C22H27N3O3. The maximum absolute atomic E-state index is 12.8. The lowest BCUT2D eigenvalue weighted by Crippen LogP contribution is -2.39. The van der Waals surface area contributed by atoms with Crippen LogP contribution in [0.1, 0.15) is 28.4 Å². The molecule has 0 bridgehead atoms. The summed E-state index contributed by atoms with van der Waals surface area (Å²) < 4.78 is 0. The number of benzene rings is 1. The van der Waals surface area contributed by atoms with Gasteiger partial charge in [0.1, 0.15) is 0 Å². The van der Waals surface area contributed by atoms with Gasteiger partial charge in [-0.3, -0.25) is 14.5 Å². The Morgan fingerprint density at radius 1 is 1.18 bits per heavy atom. The molecule has 0 aliphatic carbocycles. The number of aromatic amines is 1. The van der Waals surface area contributed by atoms with Gasteiger partial charge < -0.3 is 15.0 Å². The second-order valence-corrected chi connectivity index (χ2v) is 8.14. The third-order valence-corrected chi connectivity index (χ3v) is 6.36. The topological polar surface area (TPSA) is 76.6 Å². The van der Waals surface area contributed by atoms with Gasteiger partial charge in [-0.25, -0.2) is 0 Å². The van der Waals surface area contributed by atoms with Crippen LogP contribution in [0.4, 0.5) is 0 Å². The summed E-state index contributed by atoms with van der Waals surface area (Å²) in [6.45, 7) is 6.01. The highest BCUT2D eigenvalue weighted by Crippen LogP contribution is 2.43. The van der Waals surface area contributed by atoms with Crippen molar-refractivity contribution in [2.75, 3.05) is 32.8 Å². The van der Waals surface area contributed by atoms with Crippen LogP contribution in [-0.4, -0.2) is 58.6 Å². The van der Waals surface area contributed by atoms with Gasteiger partial charge in [0.2, 0.25) is 5.56 Å². The number of nitrogens with one attached hydrogen (secondary N) is 1. The van der Waals surface area contributed by atoms with E-state index in [4.69, 9.17) is 0 Å². The van der Waals surface area contributed by atoms with Crippen LogP contribution < -0.4 is 5.56 Å². The summed E-state index contributed by atoms with van der Waals surface area (Å²) >= 11 is 0. The number of aliphatic hydroxyl groups is 1. The van der Waals surface area contributed by atoms with Crippen molar-refractivity contribution in [2.45, 2.75) is 19.9 Å². The first-order chi connectivity index (χ1) is 13.5. The fourth-order valence-corrected chi connectivity index (χ4v) is 4.81. The van der Waals surface area contributed by atoms with E-state index in [1.807, 2.05) is 4.90 Å². The van der Waals surface area contributed by atoms with Crippen LogP contribution in [0, 0.1) is 11.3 Å². The number of carbonyl (C=O) groups excluding carboxylic acids is 1. The molecule has 2 fully saturated rings. The Hall–Kier alpha value is -2.44. The summed E-state index contributed by atoms with van der Waals surface area (Å²) in [5.74, 6) is 0.180. The number of aliphatic hydroxyl groups excluding tert-OH is 1. The van der Waals surface area contributed by atoms with E-state index in [1.54, 1.807) is 6.07 Å². The van der Waals surface area contributed by atoms with Crippen molar-refractivity contribution in [1.82, 2.24) is 14.8 Å². The largest absolute Gasteiger partial charge is 0.396 e. The predicted molar refractivity (Wildman–Crippen MR) is 107 cm³/mol. The number of fused-ring (bicyclic) bond motifs is 1. The lowest BCUT2D eigenvalue weighted by Gasteiger charge is -2.27. The van der Waals surface area contributed by atoms with Crippen LogP contribution in [-0.2, 0) is 13.0 Å². The smallest absolute Gasteiger partial charge is 0.255 e. The Morgan fingerprint density at radius 3 is 2.61 bits per heavy atom. The van der Waals surface area contributed by atoms with Crippen molar-refractivity contribution in [1.29, 1.82) is 0 Å². The minimum absolute atomic E-state index is 0.0821. The standard InChI is InChI=1S/C22H27N3O3/c1-2-16-5-3-4-6-18(16)10-24-11-19-12-25(14-22(19,13-24)15-26)21(28)17-7-8-20(27)23-9-17/h3-9,19,26H,2,10-15H2,1H3,(H,23,27). The molecule has 0 radical (unpaired) electrons. The Kier molecular flexibility index (Phi) is 5.08. The van der Waals surface area contributed by atoms with Crippen molar-refractivity contribution >= 4 is 5.91 Å². The quantitative estimate of drug-likeness (QED) is 0.823. The molecule has 6 heteroatoms. The highest BCUT2D eigenvalue weighted by atomic mass is 16.3. The van der Waals surface area contributed by atoms with E-state index in [1.165, 1.54) is 23.4 Å². The first-order valence-corrected chi connectivity index (χ1v) is 9.92. The van der Waals surface area contributed by atoms with Gasteiger partial charge in [0.05, 0.1) is 12.2 Å². The molecule has 1 aromatic heterocycles. The van der Waals surface area contributed by atoms with Gasteiger partial charge in [-0.15, -0.1) is 0 Å². The maximum Gasteiger partial charge on any atom is 0.255 e. The summed E-state index contributed by atoms with van der Waals surface area (Å²) in [6.07, 6.45) is 2.48. The van der Waals surface area contributed by atoms with Gasteiger partial charge in [0, 0.05) is 50.4 Å². The van der Waals surface area contributed by atoms with Crippen LogP contribution in [0.15, 0.2) is 47.4 Å². The Labute approximate surface area is 164 Å². The van der Waals surface area contributed by atoms with E-state index >= 15 is 0 Å². The summed E-state index contributed by atoms with van der Waals surface area (Å²) in [4.78, 5) is 30.8. The normalized spacial score (nSPS) is 24.5. The maximum atomic E-state index is 12.8. The monoisotopic (exact) mass is 381 g/mol. The number of aryl methyl sites for hydroxylation is 1. The second-order valence-electron chi connectivity index (χ2n) is 8.14. The summed E-state index contributed by atoms with van der Waals surface area (Å²) in [7, 11) is 0. The van der Waals surface area contributed by atoms with Crippen molar-refractivity contribution < 1.29 is 9.90 Å². The molecule has 28 heavy (non-hydrogen) atoms. The van der Waals surface area contributed by atoms with Crippen LogP contribution in [0.3, 0.4) is 0 Å². The minimum Gasteiger partial charge on any atom is -0.396 e. The van der Waals surface area contributed by atoms with E-state index < -0.39 is 0 Å². The minimum atomic E-state index is -0.265. The van der Waals surface area contributed by atoms with E-state index in [0.717, 1.165) is 26.1 Å². The molecule has 148 valence electrons. The van der Waals surface area contributed by atoms with Crippen molar-refractivity contribution in [3.05, 3.63) is 69.6 Å². The molecule has 2 N–H and O–H groups in total. The third kappa shape index (κ3) is 3.38. The molecule has 2 saturated heterocycles. The van der Waals surface area contributed by atoms with Crippen molar-refractivity contribution in [3.63, 3.8) is 0 Å². The van der Waals surface area contributed by atoms with Gasteiger partial charge in [-0.1, -0.05) is 31.2 Å². The first kappa shape index (κ1) is 18.9. The van der Waals surface area contributed by atoms with Gasteiger partial charge in [0.15, 0.2) is 0 Å². The number of hydrogen-bond acceptors (Lipinski definition) is 4. The second kappa shape index (κ2) is 7.53. The van der Waals surface area contributed by atoms with Crippen molar-refractivity contribution in [3.8, 4) is 0 Å². The number of likely N-dealkylation sites (tertiary alicyclic amines) is 2. The van der Waals surface area contributed by atoms with Crippen LogP contribution in [0.25, 0.3) is 0 Å². The molecule has 0 saturated carbocycles. The zero-order valence-corrected chi connectivity index (χ0v) is 16.2. The number of nitrogens with zero attached hydrogens (tertiary/aromatic N) is 2. The molecule has 2 aromatic rings. The molecular weight excluding hydrogens is 354 g/mol. The predicted octanol–water partition coefficient (Wildman–Crippen LogP) is 1.50. The lowest BCUT2D eigenvalue weighted by molar-refractivity contribution is 0.0718. The Bertz CT molecular complexity index is 905. The molecule has 2 unspecified atom stereocenters. The number of pyridine rings is 1. The number of amides is 1. The molecule has 4 rings (SSSR count). The van der Waals surface area contributed by atoms with Gasteiger partial charge >= 0.3 is 0 Å². The zero-order valence-electron chi connectivity index (χ0n) is 16.2. The van der Waals surface area contributed by atoms with Crippen LogP contribution >= 0.6 is 0 Å². The highest BCUT2D eigenvalue weighted by Gasteiger charge is 2.53. The van der Waals surface area contributed by atoms with E-state index in [0.29, 0.717) is 18.7 Å². The molecule has 1 amide bonds. The van der Waals surface area contributed by atoms with Crippen molar-refractivity contribution in [2.24, 2.45) is 11.3 Å². The number of carbonyl (C=O) groups is 1. The summed E-state index contributed by atoms with van der Waals surface area (Å²) in [5, 5.41) is 10.2. The Balaban J connectivity index is 1.46. The number of rotatable bonds is 5. The first-order valence-electron chi connectivity index (χ1n) is 9.92. The molecule has 2 atom stereocenters. The molecule has 3 heterocycles. The van der Waals surface area contributed by atoms with Crippen LogP contribution in [0.2, 0.25) is 0 Å². The summed E-state index contributed by atoms with van der Waals surface area (Å²) in [6, 6.07) is 11.5.